The Labute approximate surface area is 142 Å². The Morgan fingerprint density at radius 3 is 2.43 bits per heavy atom. The molecule has 3 rings (SSSR count). The number of carbonyl (C=O) groups is 1. The maximum Gasteiger partial charge on any atom is 0.358 e. The fourth-order valence-corrected chi connectivity index (χ4v) is 2.57. The lowest BCUT2D eigenvalue weighted by Gasteiger charge is -2.09. The summed E-state index contributed by atoms with van der Waals surface area (Å²) in [6, 6.07) is 14.2. The lowest BCUT2D eigenvalue weighted by atomic mass is 10.1. The molecule has 0 unspecified atom stereocenters. The van der Waals surface area contributed by atoms with Gasteiger partial charge in [0, 0.05) is 15.6 Å². The van der Waals surface area contributed by atoms with Crippen LogP contribution in [0.1, 0.15) is 16.1 Å². The van der Waals surface area contributed by atoms with Crippen molar-refractivity contribution >= 4 is 29.2 Å². The van der Waals surface area contributed by atoms with E-state index in [4.69, 9.17) is 23.2 Å². The van der Waals surface area contributed by atoms with Crippen LogP contribution in [0.2, 0.25) is 10.0 Å². The summed E-state index contributed by atoms with van der Waals surface area (Å²) in [5.74, 6) is -1.14. The van der Waals surface area contributed by atoms with E-state index in [2.05, 4.69) is 10.3 Å². The van der Waals surface area contributed by atoms with Crippen molar-refractivity contribution in [1.29, 1.82) is 0 Å². The quantitative estimate of drug-likeness (QED) is 0.774. The molecule has 0 saturated carbocycles. The molecule has 1 N–H and O–H groups in total. The van der Waals surface area contributed by atoms with Crippen LogP contribution in [0.4, 0.5) is 0 Å². The molecule has 0 aliphatic rings. The number of carboxylic acid groups (broad SMARTS) is 1. The van der Waals surface area contributed by atoms with E-state index in [1.54, 1.807) is 30.3 Å². The predicted molar refractivity (Wildman–Crippen MR) is 88.0 cm³/mol. The highest BCUT2D eigenvalue weighted by Gasteiger charge is 2.21. The molecule has 23 heavy (non-hydrogen) atoms. The fourth-order valence-electron chi connectivity index (χ4n) is 2.25. The van der Waals surface area contributed by atoms with Gasteiger partial charge in [-0.25, -0.2) is 9.48 Å². The minimum Gasteiger partial charge on any atom is -0.476 e. The van der Waals surface area contributed by atoms with E-state index in [0.29, 0.717) is 27.8 Å². The third-order valence-electron chi connectivity index (χ3n) is 3.33. The Hall–Kier alpha value is -2.37. The van der Waals surface area contributed by atoms with E-state index < -0.39 is 5.97 Å². The summed E-state index contributed by atoms with van der Waals surface area (Å²) in [4.78, 5) is 11.4. The van der Waals surface area contributed by atoms with Crippen LogP contribution in [0.5, 0.6) is 0 Å². The predicted octanol–water partition coefficient (Wildman–Crippen LogP) is 4.00. The summed E-state index contributed by atoms with van der Waals surface area (Å²) in [7, 11) is 0. The molecule has 0 saturated heterocycles. The van der Waals surface area contributed by atoms with Gasteiger partial charge in [-0.15, -0.1) is 5.10 Å². The molecule has 1 aromatic heterocycles. The van der Waals surface area contributed by atoms with Gasteiger partial charge in [-0.2, -0.15) is 0 Å². The van der Waals surface area contributed by atoms with Gasteiger partial charge in [0.15, 0.2) is 5.69 Å². The first-order chi connectivity index (χ1) is 11.1. The SMILES string of the molecule is O=C(O)c1nnn(Cc2ccccc2Cl)c1-c1ccc(Cl)cc1. The Morgan fingerprint density at radius 2 is 1.78 bits per heavy atom. The third kappa shape index (κ3) is 3.21. The van der Waals surface area contributed by atoms with E-state index in [1.807, 2.05) is 18.2 Å². The van der Waals surface area contributed by atoms with Crippen LogP contribution in [0.3, 0.4) is 0 Å². The summed E-state index contributed by atoms with van der Waals surface area (Å²) in [5, 5.41) is 18.2. The molecule has 0 spiro atoms. The van der Waals surface area contributed by atoms with Crippen molar-refractivity contribution < 1.29 is 9.90 Å². The van der Waals surface area contributed by atoms with Crippen molar-refractivity contribution in [1.82, 2.24) is 15.0 Å². The normalized spacial score (nSPS) is 10.7. The van der Waals surface area contributed by atoms with Crippen LogP contribution in [0.25, 0.3) is 11.3 Å². The third-order valence-corrected chi connectivity index (χ3v) is 3.95. The van der Waals surface area contributed by atoms with Crippen LogP contribution >= 0.6 is 23.2 Å². The lowest BCUT2D eigenvalue weighted by molar-refractivity contribution is 0.0691. The molecule has 7 heteroatoms. The molecular formula is C16H11Cl2N3O2. The van der Waals surface area contributed by atoms with Crippen molar-refractivity contribution in [2.75, 3.05) is 0 Å². The summed E-state index contributed by atoms with van der Waals surface area (Å²) >= 11 is 12.1. The summed E-state index contributed by atoms with van der Waals surface area (Å²) in [6.45, 7) is 0.317. The zero-order valence-corrected chi connectivity index (χ0v) is 13.3. The highest BCUT2D eigenvalue weighted by atomic mass is 35.5. The van der Waals surface area contributed by atoms with Crippen molar-refractivity contribution in [3.8, 4) is 11.3 Å². The Kier molecular flexibility index (Phi) is 4.32. The van der Waals surface area contributed by atoms with Crippen LogP contribution in [-0.2, 0) is 6.54 Å². The standard InChI is InChI=1S/C16H11Cl2N3O2/c17-12-7-5-10(6-8-12)15-14(16(22)23)19-20-21(15)9-11-3-1-2-4-13(11)18/h1-8H,9H2,(H,22,23). The molecule has 116 valence electrons. The van der Waals surface area contributed by atoms with Crippen molar-refractivity contribution in [3.63, 3.8) is 0 Å². The number of benzene rings is 2. The van der Waals surface area contributed by atoms with Gasteiger partial charge >= 0.3 is 5.97 Å². The van der Waals surface area contributed by atoms with Gasteiger partial charge in [-0.1, -0.05) is 58.7 Å². The number of carboxylic acids is 1. The molecule has 0 aliphatic heterocycles. The van der Waals surface area contributed by atoms with E-state index in [-0.39, 0.29) is 5.69 Å². The van der Waals surface area contributed by atoms with Gasteiger partial charge in [0.2, 0.25) is 0 Å². The monoisotopic (exact) mass is 347 g/mol. The van der Waals surface area contributed by atoms with Gasteiger partial charge in [0.25, 0.3) is 0 Å². The minimum atomic E-state index is -1.14. The Balaban J connectivity index is 2.09. The number of hydrogen-bond acceptors (Lipinski definition) is 3. The topological polar surface area (TPSA) is 68.0 Å². The number of hydrogen-bond donors (Lipinski definition) is 1. The van der Waals surface area contributed by atoms with Gasteiger partial charge < -0.3 is 5.11 Å². The number of aromatic carboxylic acids is 1. The van der Waals surface area contributed by atoms with Gasteiger partial charge in [0.1, 0.15) is 5.69 Å². The molecule has 5 nitrogen and oxygen atoms in total. The van der Waals surface area contributed by atoms with E-state index in [1.165, 1.54) is 4.68 Å². The Morgan fingerprint density at radius 1 is 1.09 bits per heavy atom. The number of nitrogens with zero attached hydrogens (tertiary/aromatic N) is 3. The lowest BCUT2D eigenvalue weighted by Crippen LogP contribution is -2.06. The largest absolute Gasteiger partial charge is 0.476 e. The first-order valence-electron chi connectivity index (χ1n) is 6.72. The smallest absolute Gasteiger partial charge is 0.358 e. The zero-order chi connectivity index (χ0) is 16.4. The molecule has 0 radical (unpaired) electrons. The highest BCUT2D eigenvalue weighted by molar-refractivity contribution is 6.31. The summed E-state index contributed by atoms with van der Waals surface area (Å²) < 4.78 is 1.52. The molecule has 0 bridgehead atoms. The molecule has 2 aromatic carbocycles. The van der Waals surface area contributed by atoms with E-state index >= 15 is 0 Å². The van der Waals surface area contributed by atoms with E-state index in [9.17, 15) is 9.90 Å². The van der Waals surface area contributed by atoms with Gasteiger partial charge in [-0.3, -0.25) is 0 Å². The van der Waals surface area contributed by atoms with Crippen molar-refractivity contribution in [2.24, 2.45) is 0 Å². The number of halogens is 2. The molecule has 3 aromatic rings. The number of rotatable bonds is 4. The van der Waals surface area contributed by atoms with Gasteiger partial charge in [-0.05, 0) is 23.8 Å². The zero-order valence-electron chi connectivity index (χ0n) is 11.8. The maximum absolute atomic E-state index is 11.4. The first kappa shape index (κ1) is 15.5. The average Bonchev–Trinajstić information content (AvgIpc) is 2.94. The van der Waals surface area contributed by atoms with Gasteiger partial charge in [0.05, 0.1) is 6.54 Å². The maximum atomic E-state index is 11.4. The molecular weight excluding hydrogens is 337 g/mol. The van der Waals surface area contributed by atoms with Crippen LogP contribution < -0.4 is 0 Å². The van der Waals surface area contributed by atoms with Crippen LogP contribution in [0.15, 0.2) is 48.5 Å². The second-order valence-electron chi connectivity index (χ2n) is 4.85. The molecule has 0 aliphatic carbocycles. The molecule has 0 amide bonds. The average molecular weight is 348 g/mol. The Bertz CT molecular complexity index is 860. The summed E-state index contributed by atoms with van der Waals surface area (Å²) in [6.07, 6.45) is 0. The second kappa shape index (κ2) is 6.40. The van der Waals surface area contributed by atoms with Crippen molar-refractivity contribution in [2.45, 2.75) is 6.54 Å². The summed E-state index contributed by atoms with van der Waals surface area (Å²) in [5.41, 5.74) is 1.79. The van der Waals surface area contributed by atoms with Crippen LogP contribution in [-0.4, -0.2) is 26.1 Å². The molecule has 0 fully saturated rings. The molecule has 1 heterocycles. The van der Waals surface area contributed by atoms with Crippen LogP contribution in [0, 0.1) is 0 Å². The highest BCUT2D eigenvalue weighted by Crippen LogP contribution is 2.26. The van der Waals surface area contributed by atoms with Crippen molar-refractivity contribution in [3.05, 3.63) is 69.8 Å². The number of aromatic nitrogens is 3. The minimum absolute atomic E-state index is 0.112. The fraction of sp³-hybridized carbons (Fsp3) is 0.0625. The van der Waals surface area contributed by atoms with E-state index in [0.717, 1.165) is 5.56 Å². The molecule has 0 atom stereocenters. The second-order valence-corrected chi connectivity index (χ2v) is 5.69. The first-order valence-corrected chi connectivity index (χ1v) is 7.48.